The first-order valence-corrected chi connectivity index (χ1v) is 6.58. The van der Waals surface area contributed by atoms with E-state index in [4.69, 9.17) is 14.2 Å². The Morgan fingerprint density at radius 1 is 0.941 bits per heavy atom. The third-order valence-electron chi connectivity index (χ3n) is 3.52. The summed E-state index contributed by atoms with van der Waals surface area (Å²) in [5.41, 5.74) is 0. The molecule has 3 atom stereocenters. The molecule has 3 heterocycles. The van der Waals surface area contributed by atoms with Gasteiger partial charge in [-0.1, -0.05) is 0 Å². The quantitative estimate of drug-likeness (QED) is 0.522. The van der Waals surface area contributed by atoms with Crippen molar-refractivity contribution in [1.82, 2.24) is 9.80 Å². The average molecular weight is 242 g/mol. The highest BCUT2D eigenvalue weighted by atomic mass is 16.6. The second-order valence-electron chi connectivity index (χ2n) is 5.29. The molecule has 0 aliphatic carbocycles. The SMILES string of the molecule is CN(CCCN(CC1CO1)CC1CO1)C1CO1. The molecule has 0 amide bonds. The van der Waals surface area contributed by atoms with E-state index >= 15 is 0 Å². The average Bonchev–Trinajstić information content (AvgIpc) is 3.12. The van der Waals surface area contributed by atoms with Gasteiger partial charge in [-0.05, 0) is 20.0 Å². The lowest BCUT2D eigenvalue weighted by Gasteiger charge is -2.22. The molecule has 3 saturated heterocycles. The van der Waals surface area contributed by atoms with Gasteiger partial charge in [0.2, 0.25) is 0 Å². The van der Waals surface area contributed by atoms with Gasteiger partial charge in [-0.25, -0.2) is 0 Å². The van der Waals surface area contributed by atoms with E-state index in [-0.39, 0.29) is 0 Å². The number of ether oxygens (including phenoxy) is 3. The van der Waals surface area contributed by atoms with Gasteiger partial charge >= 0.3 is 0 Å². The molecule has 17 heavy (non-hydrogen) atoms. The van der Waals surface area contributed by atoms with E-state index in [0.717, 1.165) is 46.0 Å². The van der Waals surface area contributed by atoms with E-state index in [1.165, 1.54) is 6.42 Å². The summed E-state index contributed by atoms with van der Waals surface area (Å²) in [4.78, 5) is 4.77. The summed E-state index contributed by atoms with van der Waals surface area (Å²) >= 11 is 0. The highest BCUT2D eigenvalue weighted by Crippen LogP contribution is 2.17. The van der Waals surface area contributed by atoms with Crippen LogP contribution in [-0.4, -0.2) is 81.3 Å². The van der Waals surface area contributed by atoms with Gasteiger partial charge in [0.05, 0.1) is 32.0 Å². The zero-order valence-electron chi connectivity index (χ0n) is 10.5. The van der Waals surface area contributed by atoms with Crippen LogP contribution < -0.4 is 0 Å². The normalized spacial score (nSPS) is 34.4. The fourth-order valence-electron chi connectivity index (χ4n) is 2.17. The minimum Gasteiger partial charge on any atom is -0.372 e. The van der Waals surface area contributed by atoms with Crippen molar-refractivity contribution < 1.29 is 14.2 Å². The maximum Gasteiger partial charge on any atom is 0.134 e. The van der Waals surface area contributed by atoms with E-state index in [1.807, 2.05) is 0 Å². The van der Waals surface area contributed by atoms with Crippen molar-refractivity contribution in [2.24, 2.45) is 0 Å². The maximum absolute atomic E-state index is 5.30. The summed E-state index contributed by atoms with van der Waals surface area (Å²) in [6, 6.07) is 0. The summed E-state index contributed by atoms with van der Waals surface area (Å²) in [7, 11) is 2.13. The van der Waals surface area contributed by atoms with Crippen LogP contribution >= 0.6 is 0 Å². The van der Waals surface area contributed by atoms with Crippen LogP contribution in [0.25, 0.3) is 0 Å². The Balaban J connectivity index is 1.33. The summed E-state index contributed by atoms with van der Waals surface area (Å²) < 4.78 is 15.9. The Hall–Kier alpha value is -0.200. The molecular formula is C12H22N2O3. The number of epoxide rings is 3. The molecule has 0 radical (unpaired) electrons. The van der Waals surface area contributed by atoms with Gasteiger partial charge in [-0.3, -0.25) is 9.80 Å². The molecule has 0 N–H and O–H groups in total. The highest BCUT2D eigenvalue weighted by Gasteiger charge is 2.31. The Labute approximate surface area is 103 Å². The molecule has 0 bridgehead atoms. The van der Waals surface area contributed by atoms with Crippen molar-refractivity contribution in [1.29, 1.82) is 0 Å². The fraction of sp³-hybridized carbons (Fsp3) is 1.00. The van der Waals surface area contributed by atoms with Crippen LogP contribution in [0.15, 0.2) is 0 Å². The van der Waals surface area contributed by atoms with Gasteiger partial charge < -0.3 is 14.2 Å². The molecule has 3 aliphatic rings. The number of rotatable bonds is 9. The van der Waals surface area contributed by atoms with Gasteiger partial charge in [0.15, 0.2) is 0 Å². The van der Waals surface area contributed by atoms with Crippen molar-refractivity contribution in [3.05, 3.63) is 0 Å². The number of hydrogen-bond acceptors (Lipinski definition) is 5. The smallest absolute Gasteiger partial charge is 0.134 e. The maximum atomic E-state index is 5.30. The second kappa shape index (κ2) is 5.20. The lowest BCUT2D eigenvalue weighted by molar-refractivity contribution is 0.181. The minimum absolute atomic E-state index is 0.391. The van der Waals surface area contributed by atoms with Crippen LogP contribution in [0.2, 0.25) is 0 Å². The number of hydrogen-bond donors (Lipinski definition) is 0. The molecule has 0 aromatic carbocycles. The molecule has 3 unspecified atom stereocenters. The summed E-state index contributed by atoms with van der Waals surface area (Å²) in [5, 5.41) is 0. The molecule has 3 fully saturated rings. The van der Waals surface area contributed by atoms with E-state index < -0.39 is 0 Å². The zero-order valence-corrected chi connectivity index (χ0v) is 10.5. The monoisotopic (exact) mass is 242 g/mol. The zero-order chi connectivity index (χ0) is 11.7. The Bertz CT molecular complexity index is 238. The van der Waals surface area contributed by atoms with Crippen molar-refractivity contribution in [2.45, 2.75) is 24.9 Å². The number of nitrogens with zero attached hydrogens (tertiary/aromatic N) is 2. The molecule has 3 rings (SSSR count). The third-order valence-corrected chi connectivity index (χ3v) is 3.52. The van der Waals surface area contributed by atoms with Gasteiger partial charge in [0.1, 0.15) is 6.23 Å². The Kier molecular flexibility index (Phi) is 3.63. The molecule has 5 nitrogen and oxygen atoms in total. The fourth-order valence-corrected chi connectivity index (χ4v) is 2.17. The molecule has 5 heteroatoms. The highest BCUT2D eigenvalue weighted by molar-refractivity contribution is 4.80. The summed E-state index contributed by atoms with van der Waals surface area (Å²) in [6.07, 6.45) is 2.55. The van der Waals surface area contributed by atoms with E-state index in [1.54, 1.807) is 0 Å². The van der Waals surface area contributed by atoms with Crippen LogP contribution in [0.4, 0.5) is 0 Å². The van der Waals surface area contributed by atoms with Crippen LogP contribution in [-0.2, 0) is 14.2 Å². The van der Waals surface area contributed by atoms with Crippen molar-refractivity contribution >= 4 is 0 Å². The van der Waals surface area contributed by atoms with Crippen LogP contribution in [0, 0.1) is 0 Å². The van der Waals surface area contributed by atoms with Crippen molar-refractivity contribution in [2.75, 3.05) is 53.0 Å². The lowest BCUT2D eigenvalue weighted by atomic mass is 10.3. The van der Waals surface area contributed by atoms with Gasteiger partial charge in [0.25, 0.3) is 0 Å². The van der Waals surface area contributed by atoms with Crippen LogP contribution in [0.3, 0.4) is 0 Å². The van der Waals surface area contributed by atoms with Crippen molar-refractivity contribution in [3.63, 3.8) is 0 Å². The van der Waals surface area contributed by atoms with Crippen molar-refractivity contribution in [3.8, 4) is 0 Å². The van der Waals surface area contributed by atoms with Gasteiger partial charge in [-0.2, -0.15) is 0 Å². The van der Waals surface area contributed by atoms with Crippen LogP contribution in [0.5, 0.6) is 0 Å². The molecule has 0 spiro atoms. The van der Waals surface area contributed by atoms with Gasteiger partial charge in [-0.15, -0.1) is 0 Å². The first-order valence-electron chi connectivity index (χ1n) is 6.58. The first kappa shape index (κ1) is 11.9. The number of likely N-dealkylation sites (N-methyl/N-ethyl adjacent to an activating group) is 1. The predicted molar refractivity (Wildman–Crippen MR) is 62.9 cm³/mol. The second-order valence-corrected chi connectivity index (χ2v) is 5.29. The predicted octanol–water partition coefficient (Wildman–Crippen LogP) is -0.236. The van der Waals surface area contributed by atoms with E-state index in [0.29, 0.717) is 18.4 Å². The van der Waals surface area contributed by atoms with E-state index in [2.05, 4.69) is 16.8 Å². The largest absolute Gasteiger partial charge is 0.372 e. The molecule has 0 aromatic heterocycles. The summed E-state index contributed by atoms with van der Waals surface area (Å²) in [5.74, 6) is 0. The van der Waals surface area contributed by atoms with E-state index in [9.17, 15) is 0 Å². The molecule has 98 valence electrons. The standard InChI is InChI=1S/C12H22N2O3/c1-13(12-9-17-12)3-2-4-14(5-10-7-15-10)6-11-8-16-11/h10-12H,2-9H2,1H3. The first-order chi connectivity index (χ1) is 8.31. The molecule has 0 aromatic rings. The Morgan fingerprint density at radius 2 is 1.53 bits per heavy atom. The molecular weight excluding hydrogens is 220 g/mol. The lowest BCUT2D eigenvalue weighted by Crippen LogP contribution is -2.34. The molecule has 3 aliphatic heterocycles. The third kappa shape index (κ3) is 4.19. The summed E-state index contributed by atoms with van der Waals surface area (Å²) in [6.45, 7) is 7.18. The topological polar surface area (TPSA) is 44.1 Å². The van der Waals surface area contributed by atoms with Gasteiger partial charge in [0, 0.05) is 19.6 Å². The molecule has 0 saturated carbocycles. The Morgan fingerprint density at radius 3 is 2.00 bits per heavy atom. The van der Waals surface area contributed by atoms with Crippen LogP contribution in [0.1, 0.15) is 6.42 Å². The minimum atomic E-state index is 0.391.